The topological polar surface area (TPSA) is 20.3 Å². The van der Waals surface area contributed by atoms with Gasteiger partial charge in [0.05, 0.1) is 5.92 Å². The highest BCUT2D eigenvalue weighted by Crippen LogP contribution is 2.25. The van der Waals surface area contributed by atoms with Gasteiger partial charge in [-0.25, -0.2) is 0 Å². The number of hydrogen-bond donors (Lipinski definition) is 0. The van der Waals surface area contributed by atoms with Gasteiger partial charge in [-0.2, -0.15) is 0 Å². The Morgan fingerprint density at radius 3 is 2.56 bits per heavy atom. The van der Waals surface area contributed by atoms with Crippen molar-refractivity contribution in [3.8, 4) is 0 Å². The van der Waals surface area contributed by atoms with Crippen molar-refractivity contribution in [2.45, 2.75) is 13.8 Å². The average molecular weight is 215 g/mol. The molecule has 1 atom stereocenters. The lowest BCUT2D eigenvalue weighted by atomic mass is 9.88. The first-order valence-corrected chi connectivity index (χ1v) is 5.72. The summed E-state index contributed by atoms with van der Waals surface area (Å²) < 4.78 is 0. The fourth-order valence-electron chi connectivity index (χ4n) is 1.85. The quantitative estimate of drug-likeness (QED) is 0.710. The van der Waals surface area contributed by atoms with Crippen LogP contribution in [-0.2, 0) is 4.79 Å². The molecule has 0 saturated carbocycles. The molecular weight excluding hydrogens is 198 g/mol. The molecule has 0 radical (unpaired) electrons. The Morgan fingerprint density at radius 1 is 1.31 bits per heavy atom. The summed E-state index contributed by atoms with van der Waals surface area (Å²) in [7, 11) is 0. The summed E-state index contributed by atoms with van der Waals surface area (Å²) in [6.07, 6.45) is 3.87. The minimum absolute atomic E-state index is 0.223. The summed E-state index contributed by atoms with van der Waals surface area (Å²) in [5.74, 6) is 0.927. The van der Waals surface area contributed by atoms with Crippen LogP contribution in [0.25, 0.3) is 6.08 Å². The molecule has 1 saturated heterocycles. The van der Waals surface area contributed by atoms with Gasteiger partial charge < -0.3 is 4.90 Å². The number of benzene rings is 1. The van der Waals surface area contributed by atoms with Crippen molar-refractivity contribution in [2.75, 3.05) is 6.54 Å². The summed E-state index contributed by atoms with van der Waals surface area (Å²) >= 11 is 0. The Hall–Kier alpha value is -1.57. The molecule has 0 spiro atoms. The number of carbonyl (C=O) groups excluding carboxylic acids is 1. The molecule has 84 valence electrons. The van der Waals surface area contributed by atoms with Gasteiger partial charge in [-0.05, 0) is 17.6 Å². The molecule has 1 aromatic carbocycles. The highest BCUT2D eigenvalue weighted by atomic mass is 16.2. The van der Waals surface area contributed by atoms with E-state index < -0.39 is 0 Å². The monoisotopic (exact) mass is 215 g/mol. The van der Waals surface area contributed by atoms with Gasteiger partial charge in [0.2, 0.25) is 5.91 Å². The Labute approximate surface area is 96.6 Å². The van der Waals surface area contributed by atoms with Crippen molar-refractivity contribution < 1.29 is 4.79 Å². The van der Waals surface area contributed by atoms with E-state index in [1.165, 1.54) is 0 Å². The van der Waals surface area contributed by atoms with E-state index in [9.17, 15) is 4.79 Å². The van der Waals surface area contributed by atoms with E-state index in [4.69, 9.17) is 0 Å². The van der Waals surface area contributed by atoms with Crippen LogP contribution >= 0.6 is 0 Å². The van der Waals surface area contributed by atoms with Crippen LogP contribution in [0.4, 0.5) is 0 Å². The zero-order valence-corrected chi connectivity index (χ0v) is 9.76. The van der Waals surface area contributed by atoms with Crippen molar-refractivity contribution in [3.63, 3.8) is 0 Å². The molecule has 1 unspecified atom stereocenters. The molecule has 2 rings (SSSR count). The predicted octanol–water partition coefficient (Wildman–Crippen LogP) is 2.77. The number of carbonyl (C=O) groups is 1. The fraction of sp³-hybridized carbons (Fsp3) is 0.357. The lowest BCUT2D eigenvalue weighted by Crippen LogP contribution is -2.51. The standard InChI is InChI=1S/C14H17NO/c1-11(2)13-10-15(14(13)16)9-8-12-6-4-3-5-7-12/h3-9,11,13H,10H2,1-2H3. The van der Waals surface area contributed by atoms with Crippen molar-refractivity contribution in [1.82, 2.24) is 4.90 Å². The Kier molecular flexibility index (Phi) is 3.09. The molecule has 0 aliphatic carbocycles. The van der Waals surface area contributed by atoms with Crippen molar-refractivity contribution in [3.05, 3.63) is 42.1 Å². The molecule has 2 heteroatoms. The van der Waals surface area contributed by atoms with Crippen LogP contribution in [0.1, 0.15) is 19.4 Å². The van der Waals surface area contributed by atoms with E-state index in [0.29, 0.717) is 5.92 Å². The molecular formula is C14H17NO. The van der Waals surface area contributed by atoms with Gasteiger partial charge in [0.15, 0.2) is 0 Å². The summed E-state index contributed by atoms with van der Waals surface area (Å²) in [6.45, 7) is 5.06. The molecule has 0 bridgehead atoms. The number of amides is 1. The maximum atomic E-state index is 11.7. The van der Waals surface area contributed by atoms with Gasteiger partial charge in [-0.1, -0.05) is 44.2 Å². The Balaban J connectivity index is 1.94. The number of rotatable bonds is 3. The molecule has 1 heterocycles. The van der Waals surface area contributed by atoms with Crippen LogP contribution in [0.15, 0.2) is 36.5 Å². The highest BCUT2D eigenvalue weighted by Gasteiger charge is 2.36. The number of likely N-dealkylation sites (tertiary alicyclic amines) is 1. The minimum atomic E-state index is 0.223. The SMILES string of the molecule is CC(C)C1CN(C=Cc2ccccc2)C1=O. The summed E-state index contributed by atoms with van der Waals surface area (Å²) in [4.78, 5) is 13.5. The maximum absolute atomic E-state index is 11.7. The molecule has 1 aliphatic heterocycles. The molecule has 2 nitrogen and oxygen atoms in total. The van der Waals surface area contributed by atoms with Gasteiger partial charge in [0, 0.05) is 12.7 Å². The third-order valence-electron chi connectivity index (χ3n) is 3.04. The van der Waals surface area contributed by atoms with Crippen molar-refractivity contribution in [1.29, 1.82) is 0 Å². The third-order valence-corrected chi connectivity index (χ3v) is 3.04. The first-order valence-electron chi connectivity index (χ1n) is 5.72. The van der Waals surface area contributed by atoms with E-state index >= 15 is 0 Å². The predicted molar refractivity (Wildman–Crippen MR) is 65.5 cm³/mol. The van der Waals surface area contributed by atoms with Gasteiger partial charge >= 0.3 is 0 Å². The molecule has 1 fully saturated rings. The fourth-order valence-corrected chi connectivity index (χ4v) is 1.85. The van der Waals surface area contributed by atoms with Gasteiger partial charge in [0.25, 0.3) is 0 Å². The Bertz CT molecular complexity index is 394. The van der Waals surface area contributed by atoms with E-state index in [0.717, 1.165) is 12.1 Å². The van der Waals surface area contributed by atoms with Gasteiger partial charge in [-0.3, -0.25) is 4.79 Å². The van der Waals surface area contributed by atoms with Crippen molar-refractivity contribution >= 4 is 12.0 Å². The van der Waals surface area contributed by atoms with Crippen LogP contribution in [-0.4, -0.2) is 17.4 Å². The zero-order valence-electron chi connectivity index (χ0n) is 9.76. The second-order valence-electron chi connectivity index (χ2n) is 4.57. The summed E-state index contributed by atoms with van der Waals surface area (Å²) in [5.41, 5.74) is 1.13. The van der Waals surface area contributed by atoms with E-state index in [2.05, 4.69) is 13.8 Å². The van der Waals surface area contributed by atoms with Crippen LogP contribution in [0, 0.1) is 11.8 Å². The first kappa shape index (κ1) is 10.9. The smallest absolute Gasteiger partial charge is 0.231 e. The van der Waals surface area contributed by atoms with Crippen LogP contribution in [0.5, 0.6) is 0 Å². The molecule has 1 aliphatic rings. The van der Waals surface area contributed by atoms with Gasteiger partial charge in [0.1, 0.15) is 0 Å². The molecule has 0 N–H and O–H groups in total. The molecule has 0 aromatic heterocycles. The zero-order chi connectivity index (χ0) is 11.5. The maximum Gasteiger partial charge on any atom is 0.231 e. The lowest BCUT2D eigenvalue weighted by Gasteiger charge is -2.38. The molecule has 16 heavy (non-hydrogen) atoms. The largest absolute Gasteiger partial charge is 0.318 e. The van der Waals surface area contributed by atoms with Crippen LogP contribution in [0.3, 0.4) is 0 Å². The molecule has 1 amide bonds. The second kappa shape index (κ2) is 4.52. The third kappa shape index (κ3) is 2.16. The van der Waals surface area contributed by atoms with Gasteiger partial charge in [-0.15, -0.1) is 0 Å². The van der Waals surface area contributed by atoms with E-state index in [1.807, 2.05) is 42.6 Å². The summed E-state index contributed by atoms with van der Waals surface area (Å²) in [5, 5.41) is 0. The van der Waals surface area contributed by atoms with E-state index in [1.54, 1.807) is 4.90 Å². The highest BCUT2D eigenvalue weighted by molar-refractivity contribution is 5.86. The van der Waals surface area contributed by atoms with Crippen LogP contribution < -0.4 is 0 Å². The minimum Gasteiger partial charge on any atom is -0.318 e. The molecule has 1 aromatic rings. The average Bonchev–Trinajstić information content (AvgIpc) is 2.28. The second-order valence-corrected chi connectivity index (χ2v) is 4.57. The number of nitrogens with zero attached hydrogens (tertiary/aromatic N) is 1. The Morgan fingerprint density at radius 2 is 2.00 bits per heavy atom. The summed E-state index contributed by atoms with van der Waals surface area (Å²) in [6, 6.07) is 10.0. The van der Waals surface area contributed by atoms with Crippen LogP contribution in [0.2, 0.25) is 0 Å². The van der Waals surface area contributed by atoms with E-state index in [-0.39, 0.29) is 11.8 Å². The number of hydrogen-bond acceptors (Lipinski definition) is 1. The number of β-lactam (4-membered cyclic amide) rings is 1. The normalized spacial score (nSPS) is 20.6. The van der Waals surface area contributed by atoms with Crippen molar-refractivity contribution in [2.24, 2.45) is 11.8 Å². The first-order chi connectivity index (χ1) is 7.68. The lowest BCUT2D eigenvalue weighted by molar-refractivity contribution is -0.145.